The second kappa shape index (κ2) is 6.77. The van der Waals surface area contributed by atoms with Gasteiger partial charge in [0.2, 0.25) is 12.7 Å². The predicted octanol–water partition coefficient (Wildman–Crippen LogP) is 4.67. The summed E-state index contributed by atoms with van der Waals surface area (Å²) in [5.41, 5.74) is 3.67. The Morgan fingerprint density at radius 1 is 1.16 bits per heavy atom. The van der Waals surface area contributed by atoms with Gasteiger partial charge in [0.1, 0.15) is 0 Å². The van der Waals surface area contributed by atoms with E-state index < -0.39 is 5.41 Å². The summed E-state index contributed by atoms with van der Waals surface area (Å²) in [4.78, 5) is 16.7. The molecule has 31 heavy (non-hydrogen) atoms. The number of fused-ring (bicyclic) bond motifs is 2. The van der Waals surface area contributed by atoms with Gasteiger partial charge in [-0.25, -0.2) is 0 Å². The van der Waals surface area contributed by atoms with Gasteiger partial charge in [0, 0.05) is 33.3 Å². The smallest absolute Gasteiger partial charge is 0.235 e. The van der Waals surface area contributed by atoms with Crippen LogP contribution < -0.4 is 14.8 Å². The zero-order valence-corrected chi connectivity index (χ0v) is 17.8. The highest BCUT2D eigenvalue weighted by Crippen LogP contribution is 2.51. The van der Waals surface area contributed by atoms with Crippen LogP contribution in [0.5, 0.6) is 11.5 Å². The summed E-state index contributed by atoms with van der Waals surface area (Å²) in [6.45, 7) is 6.50. The van der Waals surface area contributed by atoms with Crippen molar-refractivity contribution in [2.75, 3.05) is 12.1 Å². The molecule has 2 aliphatic rings. The van der Waals surface area contributed by atoms with Crippen molar-refractivity contribution in [1.29, 1.82) is 0 Å². The van der Waals surface area contributed by atoms with Crippen molar-refractivity contribution < 1.29 is 19.5 Å². The Labute approximate surface area is 180 Å². The van der Waals surface area contributed by atoms with Gasteiger partial charge in [-0.1, -0.05) is 32.0 Å². The molecule has 5 rings (SSSR count). The lowest BCUT2D eigenvalue weighted by molar-refractivity contribution is -0.118. The third kappa shape index (κ3) is 3.21. The number of hydrogen-bond acceptors (Lipinski definition) is 5. The van der Waals surface area contributed by atoms with Gasteiger partial charge < -0.3 is 25.0 Å². The zero-order valence-electron chi connectivity index (χ0n) is 17.8. The molecule has 1 saturated carbocycles. The van der Waals surface area contributed by atoms with Crippen molar-refractivity contribution in [3.63, 3.8) is 0 Å². The minimum Gasteiger partial charge on any atom is -0.454 e. The van der Waals surface area contributed by atoms with E-state index in [1.165, 1.54) is 6.21 Å². The van der Waals surface area contributed by atoms with Crippen molar-refractivity contribution in [2.45, 2.75) is 44.4 Å². The summed E-state index contributed by atoms with van der Waals surface area (Å²) >= 11 is 0. The highest BCUT2D eigenvalue weighted by atomic mass is 16.7. The molecule has 7 heteroatoms. The maximum Gasteiger partial charge on any atom is 0.235 e. The lowest BCUT2D eigenvalue weighted by Crippen LogP contribution is -2.27. The summed E-state index contributed by atoms with van der Waals surface area (Å²) in [5.74, 6) is 1.37. The Morgan fingerprint density at radius 2 is 1.94 bits per heavy atom. The lowest BCUT2D eigenvalue weighted by atomic mass is 9.89. The molecule has 1 aromatic heterocycles. The van der Waals surface area contributed by atoms with Crippen LogP contribution in [0, 0.1) is 0 Å². The van der Waals surface area contributed by atoms with E-state index >= 15 is 0 Å². The molecule has 0 bridgehead atoms. The SMILES string of the molecule is CC(C)(C)c1[nH]c2ccc(NC(=O)C3(c4ccc5c(c4)OCO5)CC3)cc2c1C=NO. The number of benzene rings is 2. The summed E-state index contributed by atoms with van der Waals surface area (Å²) in [5, 5.41) is 16.4. The molecule has 0 radical (unpaired) electrons. The van der Waals surface area contributed by atoms with Crippen LogP contribution in [0.4, 0.5) is 5.69 Å². The second-order valence-electron chi connectivity index (χ2n) is 9.27. The van der Waals surface area contributed by atoms with E-state index in [0.29, 0.717) is 17.2 Å². The second-order valence-corrected chi connectivity index (χ2v) is 9.27. The first-order valence-electron chi connectivity index (χ1n) is 10.4. The van der Waals surface area contributed by atoms with Crippen molar-refractivity contribution in [2.24, 2.45) is 5.16 Å². The fourth-order valence-electron chi connectivity index (χ4n) is 4.29. The van der Waals surface area contributed by atoms with E-state index in [1.807, 2.05) is 36.4 Å². The zero-order chi connectivity index (χ0) is 21.8. The monoisotopic (exact) mass is 419 g/mol. The molecular formula is C24H25N3O4. The molecule has 1 amide bonds. The van der Waals surface area contributed by atoms with Gasteiger partial charge in [0.25, 0.3) is 0 Å². The van der Waals surface area contributed by atoms with Gasteiger partial charge in [0.05, 0.1) is 11.6 Å². The molecule has 3 aromatic rings. The molecule has 7 nitrogen and oxygen atoms in total. The molecule has 1 aliphatic heterocycles. The molecule has 3 N–H and O–H groups in total. The number of H-pyrrole nitrogens is 1. The Kier molecular flexibility index (Phi) is 4.25. The summed E-state index contributed by atoms with van der Waals surface area (Å²) in [6, 6.07) is 11.5. The number of rotatable bonds is 4. The number of oxime groups is 1. The normalized spacial score (nSPS) is 16.7. The molecule has 1 fully saturated rings. The Morgan fingerprint density at radius 3 is 2.65 bits per heavy atom. The standard InChI is InChI=1S/C24H25N3O4/c1-23(2,3)21-17(12-25-29)16-11-15(5-6-18(16)27-21)26-22(28)24(8-9-24)14-4-7-19-20(10-14)31-13-30-19/h4-7,10-12,27,29H,8-9,13H2,1-3H3,(H,26,28). The van der Waals surface area contributed by atoms with E-state index in [0.717, 1.165) is 40.6 Å². The van der Waals surface area contributed by atoms with E-state index in [4.69, 9.17) is 9.47 Å². The van der Waals surface area contributed by atoms with Crippen molar-refractivity contribution in [1.82, 2.24) is 4.98 Å². The molecule has 0 saturated heterocycles. The Bertz CT molecular complexity index is 1220. The highest BCUT2D eigenvalue weighted by molar-refractivity contribution is 6.05. The molecule has 2 aromatic carbocycles. The minimum absolute atomic E-state index is 0.0327. The summed E-state index contributed by atoms with van der Waals surface area (Å²) < 4.78 is 10.9. The number of aromatic amines is 1. The van der Waals surface area contributed by atoms with Crippen LogP contribution in [0.2, 0.25) is 0 Å². The van der Waals surface area contributed by atoms with E-state index in [9.17, 15) is 10.0 Å². The third-order valence-electron chi connectivity index (χ3n) is 6.14. The number of amides is 1. The number of nitrogens with one attached hydrogen (secondary N) is 2. The number of aromatic nitrogens is 1. The maximum absolute atomic E-state index is 13.3. The number of ether oxygens (including phenoxy) is 2. The van der Waals surface area contributed by atoms with Gasteiger partial charge in [-0.15, -0.1) is 0 Å². The van der Waals surface area contributed by atoms with Crippen LogP contribution in [-0.2, 0) is 15.6 Å². The molecule has 1 aliphatic carbocycles. The van der Waals surface area contributed by atoms with Crippen molar-refractivity contribution >= 4 is 28.7 Å². The summed E-state index contributed by atoms with van der Waals surface area (Å²) in [7, 11) is 0. The molecule has 160 valence electrons. The van der Waals surface area contributed by atoms with E-state index in [2.05, 4.69) is 36.2 Å². The van der Waals surface area contributed by atoms with Crippen LogP contribution in [0.15, 0.2) is 41.6 Å². The fourth-order valence-corrected chi connectivity index (χ4v) is 4.29. The van der Waals surface area contributed by atoms with Crippen LogP contribution in [0.25, 0.3) is 10.9 Å². The average Bonchev–Trinajstić information content (AvgIpc) is 3.27. The third-order valence-corrected chi connectivity index (χ3v) is 6.14. The first-order chi connectivity index (χ1) is 14.8. The minimum atomic E-state index is -0.542. The molecule has 2 heterocycles. The van der Waals surface area contributed by atoms with E-state index in [1.54, 1.807) is 0 Å². The average molecular weight is 419 g/mol. The topological polar surface area (TPSA) is 95.9 Å². The van der Waals surface area contributed by atoms with Gasteiger partial charge in [-0.05, 0) is 48.7 Å². The predicted molar refractivity (Wildman–Crippen MR) is 118 cm³/mol. The van der Waals surface area contributed by atoms with Crippen molar-refractivity contribution in [3.05, 3.63) is 53.2 Å². The van der Waals surface area contributed by atoms with Crippen LogP contribution in [0.3, 0.4) is 0 Å². The molecule has 0 unspecified atom stereocenters. The number of carbonyl (C=O) groups is 1. The number of carbonyl (C=O) groups excluding carboxylic acids is 1. The quantitative estimate of drug-likeness (QED) is 0.325. The largest absolute Gasteiger partial charge is 0.454 e. The fraction of sp³-hybridized carbons (Fsp3) is 0.333. The number of anilines is 1. The Hall–Kier alpha value is -3.48. The lowest BCUT2D eigenvalue weighted by Gasteiger charge is -2.17. The van der Waals surface area contributed by atoms with Crippen LogP contribution >= 0.6 is 0 Å². The van der Waals surface area contributed by atoms with E-state index in [-0.39, 0.29) is 18.1 Å². The van der Waals surface area contributed by atoms with Gasteiger partial charge in [-0.3, -0.25) is 4.79 Å². The summed E-state index contributed by atoms with van der Waals surface area (Å²) in [6.07, 6.45) is 3.03. The van der Waals surface area contributed by atoms with Gasteiger partial charge in [-0.2, -0.15) is 0 Å². The number of hydrogen-bond donors (Lipinski definition) is 3. The Balaban J connectivity index is 1.46. The van der Waals surface area contributed by atoms with Crippen LogP contribution in [-0.4, -0.2) is 29.1 Å². The molecule has 0 atom stereocenters. The highest BCUT2D eigenvalue weighted by Gasteiger charge is 2.51. The van der Waals surface area contributed by atoms with Crippen molar-refractivity contribution in [3.8, 4) is 11.5 Å². The van der Waals surface area contributed by atoms with Gasteiger partial charge >= 0.3 is 0 Å². The first-order valence-corrected chi connectivity index (χ1v) is 10.4. The number of nitrogens with zero attached hydrogens (tertiary/aromatic N) is 1. The maximum atomic E-state index is 13.3. The van der Waals surface area contributed by atoms with Gasteiger partial charge in [0.15, 0.2) is 11.5 Å². The molecule has 0 spiro atoms. The molecular weight excluding hydrogens is 394 g/mol. The first kappa shape index (κ1) is 19.5. The van der Waals surface area contributed by atoms with Crippen LogP contribution in [0.1, 0.15) is 50.4 Å².